The summed E-state index contributed by atoms with van der Waals surface area (Å²) < 4.78 is 2.21. The van der Waals surface area contributed by atoms with Crippen LogP contribution in [0.4, 0.5) is 0 Å². The van der Waals surface area contributed by atoms with Gasteiger partial charge in [0.05, 0.1) is 5.69 Å². The fourth-order valence-corrected chi connectivity index (χ4v) is 2.72. The average molecular weight is 232 g/mol. The van der Waals surface area contributed by atoms with Crippen molar-refractivity contribution >= 4 is 5.78 Å². The molecule has 3 nitrogen and oxygen atoms in total. The van der Waals surface area contributed by atoms with Crippen LogP contribution in [0.25, 0.3) is 0 Å². The predicted molar refractivity (Wildman–Crippen MR) is 67.2 cm³/mol. The number of aromatic nitrogens is 1. The van der Waals surface area contributed by atoms with E-state index in [2.05, 4.69) is 16.1 Å². The zero-order chi connectivity index (χ0) is 11.7. The molecule has 1 aromatic rings. The van der Waals surface area contributed by atoms with Crippen molar-refractivity contribution in [1.29, 1.82) is 0 Å². The summed E-state index contributed by atoms with van der Waals surface area (Å²) in [7, 11) is 0. The molecule has 1 aliphatic heterocycles. The van der Waals surface area contributed by atoms with E-state index in [4.69, 9.17) is 0 Å². The molecule has 2 aliphatic rings. The highest BCUT2D eigenvalue weighted by molar-refractivity contribution is 5.95. The SMILES string of the molecule is O=C(CC1CC1)c1cccn1C1CCNCC1. The van der Waals surface area contributed by atoms with Gasteiger partial charge in [0.15, 0.2) is 5.78 Å². The summed E-state index contributed by atoms with van der Waals surface area (Å²) in [6.07, 6.45) is 7.61. The van der Waals surface area contributed by atoms with Crippen molar-refractivity contribution < 1.29 is 4.79 Å². The summed E-state index contributed by atoms with van der Waals surface area (Å²) in [5, 5.41) is 3.37. The van der Waals surface area contributed by atoms with Crippen LogP contribution in [-0.2, 0) is 0 Å². The van der Waals surface area contributed by atoms with Gasteiger partial charge in [-0.1, -0.05) is 0 Å². The summed E-state index contributed by atoms with van der Waals surface area (Å²) in [6.45, 7) is 2.14. The van der Waals surface area contributed by atoms with Crippen LogP contribution in [0, 0.1) is 5.92 Å². The van der Waals surface area contributed by atoms with Crippen LogP contribution < -0.4 is 5.32 Å². The number of Topliss-reactive ketones (excluding diaryl/α,β-unsaturated/α-hetero) is 1. The number of nitrogens with zero attached hydrogens (tertiary/aromatic N) is 1. The van der Waals surface area contributed by atoms with E-state index in [9.17, 15) is 4.79 Å². The van der Waals surface area contributed by atoms with Crippen LogP contribution in [0.5, 0.6) is 0 Å². The van der Waals surface area contributed by atoms with E-state index in [1.54, 1.807) is 0 Å². The molecule has 0 unspecified atom stereocenters. The zero-order valence-corrected chi connectivity index (χ0v) is 10.2. The van der Waals surface area contributed by atoms with E-state index in [-0.39, 0.29) is 0 Å². The van der Waals surface area contributed by atoms with Gasteiger partial charge in [0, 0.05) is 18.7 Å². The Morgan fingerprint density at radius 1 is 1.29 bits per heavy atom. The van der Waals surface area contributed by atoms with Crippen LogP contribution >= 0.6 is 0 Å². The molecule has 1 saturated heterocycles. The van der Waals surface area contributed by atoms with Gasteiger partial charge in [-0.2, -0.15) is 0 Å². The lowest BCUT2D eigenvalue weighted by Crippen LogP contribution is -2.30. The molecule has 0 spiro atoms. The lowest BCUT2D eigenvalue weighted by molar-refractivity contribution is 0.0963. The molecule has 0 atom stereocenters. The number of nitrogens with one attached hydrogen (secondary N) is 1. The van der Waals surface area contributed by atoms with Crippen molar-refractivity contribution in [3.8, 4) is 0 Å². The first-order chi connectivity index (χ1) is 8.34. The Kier molecular flexibility index (Phi) is 3.02. The van der Waals surface area contributed by atoms with Crippen molar-refractivity contribution in [3.05, 3.63) is 24.0 Å². The summed E-state index contributed by atoms with van der Waals surface area (Å²) in [4.78, 5) is 12.2. The van der Waals surface area contributed by atoms with E-state index in [0.717, 1.165) is 38.0 Å². The van der Waals surface area contributed by atoms with Gasteiger partial charge < -0.3 is 9.88 Å². The van der Waals surface area contributed by atoms with Crippen molar-refractivity contribution in [2.24, 2.45) is 5.92 Å². The average Bonchev–Trinajstić information content (AvgIpc) is 3.04. The number of piperidine rings is 1. The third-order valence-electron chi connectivity index (χ3n) is 3.94. The number of rotatable bonds is 4. The van der Waals surface area contributed by atoms with Crippen LogP contribution in [-0.4, -0.2) is 23.4 Å². The molecule has 3 rings (SSSR count). The van der Waals surface area contributed by atoms with Gasteiger partial charge in [-0.3, -0.25) is 4.79 Å². The van der Waals surface area contributed by atoms with E-state index in [1.807, 2.05) is 12.1 Å². The molecule has 2 heterocycles. The molecule has 1 saturated carbocycles. The summed E-state index contributed by atoms with van der Waals surface area (Å²) in [6, 6.07) is 4.53. The smallest absolute Gasteiger partial charge is 0.179 e. The summed E-state index contributed by atoms with van der Waals surface area (Å²) in [5.41, 5.74) is 0.934. The van der Waals surface area contributed by atoms with Crippen molar-refractivity contribution in [2.75, 3.05) is 13.1 Å². The highest BCUT2D eigenvalue weighted by Crippen LogP contribution is 2.34. The van der Waals surface area contributed by atoms with Gasteiger partial charge in [0.25, 0.3) is 0 Å². The van der Waals surface area contributed by atoms with Gasteiger partial charge in [0.2, 0.25) is 0 Å². The molecule has 0 amide bonds. The highest BCUT2D eigenvalue weighted by Gasteiger charge is 2.27. The predicted octanol–water partition coefficient (Wildman–Crippen LogP) is 2.40. The van der Waals surface area contributed by atoms with E-state index in [1.165, 1.54) is 12.8 Å². The van der Waals surface area contributed by atoms with Gasteiger partial charge in [-0.25, -0.2) is 0 Å². The van der Waals surface area contributed by atoms with Crippen LogP contribution in [0.2, 0.25) is 0 Å². The largest absolute Gasteiger partial charge is 0.342 e. The maximum atomic E-state index is 12.2. The lowest BCUT2D eigenvalue weighted by atomic mass is 10.1. The molecule has 2 fully saturated rings. The summed E-state index contributed by atoms with van der Waals surface area (Å²) >= 11 is 0. The number of hydrogen-bond donors (Lipinski definition) is 1. The first-order valence-electron chi connectivity index (χ1n) is 6.75. The fourth-order valence-electron chi connectivity index (χ4n) is 2.72. The Hall–Kier alpha value is -1.09. The Balaban J connectivity index is 1.74. The van der Waals surface area contributed by atoms with Crippen LogP contribution in [0.3, 0.4) is 0 Å². The molecular formula is C14H20N2O. The molecule has 0 radical (unpaired) electrons. The monoisotopic (exact) mass is 232 g/mol. The van der Waals surface area contributed by atoms with Gasteiger partial charge in [-0.05, 0) is 56.8 Å². The third kappa shape index (κ3) is 2.44. The second kappa shape index (κ2) is 4.65. The molecular weight excluding hydrogens is 212 g/mol. The fraction of sp³-hybridized carbons (Fsp3) is 0.643. The second-order valence-electron chi connectivity index (χ2n) is 5.35. The van der Waals surface area contributed by atoms with Crippen LogP contribution in [0.1, 0.15) is 48.6 Å². The molecule has 3 heteroatoms. The van der Waals surface area contributed by atoms with Crippen molar-refractivity contribution in [3.63, 3.8) is 0 Å². The maximum Gasteiger partial charge on any atom is 0.179 e. The highest BCUT2D eigenvalue weighted by atomic mass is 16.1. The minimum atomic E-state index is 0.344. The van der Waals surface area contributed by atoms with E-state index < -0.39 is 0 Å². The Morgan fingerprint density at radius 2 is 2.06 bits per heavy atom. The summed E-state index contributed by atoms with van der Waals surface area (Å²) in [5.74, 6) is 1.02. The van der Waals surface area contributed by atoms with Gasteiger partial charge >= 0.3 is 0 Å². The second-order valence-corrected chi connectivity index (χ2v) is 5.35. The molecule has 1 aromatic heterocycles. The van der Waals surface area contributed by atoms with Crippen LogP contribution in [0.15, 0.2) is 18.3 Å². The first-order valence-corrected chi connectivity index (χ1v) is 6.75. The number of carbonyl (C=O) groups excluding carboxylic acids is 1. The normalized spacial score (nSPS) is 21.6. The van der Waals surface area contributed by atoms with Crippen molar-refractivity contribution in [2.45, 2.75) is 38.1 Å². The van der Waals surface area contributed by atoms with Gasteiger partial charge in [-0.15, -0.1) is 0 Å². The molecule has 1 N–H and O–H groups in total. The van der Waals surface area contributed by atoms with Crippen molar-refractivity contribution in [1.82, 2.24) is 9.88 Å². The Bertz CT molecular complexity index is 400. The Labute approximate surface area is 102 Å². The topological polar surface area (TPSA) is 34.0 Å². The number of carbonyl (C=O) groups is 1. The van der Waals surface area contributed by atoms with Gasteiger partial charge in [0.1, 0.15) is 0 Å². The third-order valence-corrected chi connectivity index (χ3v) is 3.94. The van der Waals surface area contributed by atoms with E-state index in [0.29, 0.717) is 17.7 Å². The molecule has 17 heavy (non-hydrogen) atoms. The lowest BCUT2D eigenvalue weighted by Gasteiger charge is -2.25. The first kappa shape index (κ1) is 11.0. The molecule has 1 aliphatic carbocycles. The molecule has 92 valence electrons. The quantitative estimate of drug-likeness (QED) is 0.809. The van der Waals surface area contributed by atoms with E-state index >= 15 is 0 Å². The molecule has 0 aromatic carbocycles. The maximum absolute atomic E-state index is 12.2. The molecule has 0 bridgehead atoms. The standard InChI is InChI=1S/C14H20N2O/c17-14(10-11-3-4-11)13-2-1-9-16(13)12-5-7-15-8-6-12/h1-2,9,11-12,15H,3-8,10H2. The zero-order valence-electron chi connectivity index (χ0n) is 10.2. The number of ketones is 1. The minimum absolute atomic E-state index is 0.344. The Morgan fingerprint density at radius 3 is 2.76 bits per heavy atom. The minimum Gasteiger partial charge on any atom is -0.342 e. The number of hydrogen-bond acceptors (Lipinski definition) is 2.